The summed E-state index contributed by atoms with van der Waals surface area (Å²) in [4.78, 5) is 2.62. The molecule has 1 aliphatic carbocycles. The second kappa shape index (κ2) is 8.65. The molecule has 0 radical (unpaired) electrons. The summed E-state index contributed by atoms with van der Waals surface area (Å²) in [5.41, 5.74) is 0. The maximum absolute atomic E-state index is 3.93. The Morgan fingerprint density at radius 1 is 1.30 bits per heavy atom. The zero-order valence-corrected chi connectivity index (χ0v) is 14.6. The summed E-state index contributed by atoms with van der Waals surface area (Å²) in [6, 6.07) is 1.48. The summed E-state index contributed by atoms with van der Waals surface area (Å²) < 4.78 is 0. The minimum absolute atomic E-state index is 0.724. The predicted octanol–water partition coefficient (Wildman–Crippen LogP) is 3.62. The fraction of sp³-hybridized carbons (Fsp3) is 1.00. The van der Waals surface area contributed by atoms with Crippen molar-refractivity contribution < 1.29 is 0 Å². The molecule has 3 heteroatoms. The number of hydrogen-bond acceptors (Lipinski definition) is 3. The SMILES string of the molecule is CCCNC(C1CCCC(CC)C1)C1CSCCN1C. The van der Waals surface area contributed by atoms with Gasteiger partial charge < -0.3 is 10.2 Å². The molecule has 1 N–H and O–H groups in total. The Morgan fingerprint density at radius 3 is 2.85 bits per heavy atom. The van der Waals surface area contributed by atoms with Crippen molar-refractivity contribution in [3.8, 4) is 0 Å². The Kier molecular flexibility index (Phi) is 7.20. The number of rotatable bonds is 6. The Labute approximate surface area is 130 Å². The van der Waals surface area contributed by atoms with E-state index >= 15 is 0 Å². The molecule has 4 atom stereocenters. The van der Waals surface area contributed by atoms with Crippen LogP contribution in [-0.2, 0) is 0 Å². The molecule has 2 aliphatic rings. The van der Waals surface area contributed by atoms with Gasteiger partial charge in [-0.1, -0.05) is 33.1 Å². The molecule has 0 aromatic heterocycles. The van der Waals surface area contributed by atoms with Crippen molar-refractivity contribution in [1.82, 2.24) is 10.2 Å². The monoisotopic (exact) mass is 298 g/mol. The van der Waals surface area contributed by atoms with Crippen LogP contribution in [0.2, 0.25) is 0 Å². The summed E-state index contributed by atoms with van der Waals surface area (Å²) in [5.74, 6) is 4.54. The summed E-state index contributed by atoms with van der Waals surface area (Å²) >= 11 is 2.16. The van der Waals surface area contributed by atoms with E-state index in [0.29, 0.717) is 0 Å². The zero-order valence-electron chi connectivity index (χ0n) is 13.7. The van der Waals surface area contributed by atoms with Crippen LogP contribution in [0, 0.1) is 11.8 Å². The first-order valence-electron chi connectivity index (χ1n) is 8.77. The molecular formula is C17H34N2S. The minimum atomic E-state index is 0.724. The highest BCUT2D eigenvalue weighted by atomic mass is 32.2. The maximum atomic E-state index is 3.93. The molecule has 0 aromatic rings. The van der Waals surface area contributed by atoms with Crippen LogP contribution in [0.1, 0.15) is 52.4 Å². The third kappa shape index (κ3) is 4.38. The highest BCUT2D eigenvalue weighted by Gasteiger charge is 2.35. The number of nitrogens with one attached hydrogen (secondary N) is 1. The molecule has 0 amide bonds. The third-order valence-electron chi connectivity index (χ3n) is 5.40. The van der Waals surface area contributed by atoms with Gasteiger partial charge in [-0.15, -0.1) is 0 Å². The molecule has 4 unspecified atom stereocenters. The summed E-state index contributed by atoms with van der Waals surface area (Å²) in [6.07, 6.45) is 8.48. The molecule has 20 heavy (non-hydrogen) atoms. The molecule has 1 aliphatic heterocycles. The van der Waals surface area contributed by atoms with E-state index in [0.717, 1.165) is 23.9 Å². The molecule has 2 fully saturated rings. The topological polar surface area (TPSA) is 15.3 Å². The van der Waals surface area contributed by atoms with Crippen LogP contribution in [0.25, 0.3) is 0 Å². The summed E-state index contributed by atoms with van der Waals surface area (Å²) in [7, 11) is 2.34. The summed E-state index contributed by atoms with van der Waals surface area (Å²) in [5, 5.41) is 3.93. The first-order valence-corrected chi connectivity index (χ1v) is 9.93. The van der Waals surface area contributed by atoms with Gasteiger partial charge in [-0.3, -0.25) is 0 Å². The molecule has 1 saturated carbocycles. The smallest absolute Gasteiger partial charge is 0.0339 e. The van der Waals surface area contributed by atoms with Crippen molar-refractivity contribution >= 4 is 11.8 Å². The fourth-order valence-corrected chi connectivity index (χ4v) is 5.33. The number of likely N-dealkylation sites (N-methyl/N-ethyl adjacent to an activating group) is 1. The molecule has 2 nitrogen and oxygen atoms in total. The molecule has 0 bridgehead atoms. The van der Waals surface area contributed by atoms with E-state index in [4.69, 9.17) is 0 Å². The van der Waals surface area contributed by atoms with Gasteiger partial charge in [-0.25, -0.2) is 0 Å². The molecule has 1 saturated heterocycles. The number of thioether (sulfide) groups is 1. The van der Waals surface area contributed by atoms with Gasteiger partial charge in [0.1, 0.15) is 0 Å². The lowest BCUT2D eigenvalue weighted by atomic mass is 9.75. The van der Waals surface area contributed by atoms with Crippen LogP contribution >= 0.6 is 11.8 Å². The van der Waals surface area contributed by atoms with Crippen molar-refractivity contribution in [2.75, 3.05) is 31.6 Å². The van der Waals surface area contributed by atoms with E-state index in [-0.39, 0.29) is 0 Å². The Balaban J connectivity index is 2.01. The van der Waals surface area contributed by atoms with Gasteiger partial charge >= 0.3 is 0 Å². The molecule has 0 spiro atoms. The van der Waals surface area contributed by atoms with Crippen molar-refractivity contribution in [3.05, 3.63) is 0 Å². The van der Waals surface area contributed by atoms with Crippen molar-refractivity contribution in [2.24, 2.45) is 11.8 Å². The Bertz CT molecular complexity index is 272. The van der Waals surface area contributed by atoms with Gasteiger partial charge in [0.15, 0.2) is 0 Å². The van der Waals surface area contributed by atoms with Gasteiger partial charge in [-0.2, -0.15) is 11.8 Å². The minimum Gasteiger partial charge on any atom is -0.312 e. The average Bonchev–Trinajstić information content (AvgIpc) is 2.49. The van der Waals surface area contributed by atoms with Crippen LogP contribution in [0.3, 0.4) is 0 Å². The van der Waals surface area contributed by atoms with Gasteiger partial charge in [0.05, 0.1) is 0 Å². The first-order chi connectivity index (χ1) is 9.76. The lowest BCUT2D eigenvalue weighted by molar-refractivity contribution is 0.131. The van der Waals surface area contributed by atoms with E-state index in [9.17, 15) is 0 Å². The van der Waals surface area contributed by atoms with Gasteiger partial charge in [0.2, 0.25) is 0 Å². The molecular weight excluding hydrogens is 264 g/mol. The predicted molar refractivity (Wildman–Crippen MR) is 91.6 cm³/mol. The fourth-order valence-electron chi connectivity index (χ4n) is 4.04. The molecule has 0 aromatic carbocycles. The van der Waals surface area contributed by atoms with E-state index in [1.807, 2.05) is 0 Å². The van der Waals surface area contributed by atoms with Crippen LogP contribution < -0.4 is 5.32 Å². The van der Waals surface area contributed by atoms with E-state index < -0.39 is 0 Å². The summed E-state index contributed by atoms with van der Waals surface area (Å²) in [6.45, 7) is 7.12. The van der Waals surface area contributed by atoms with Crippen LogP contribution in [-0.4, -0.2) is 48.6 Å². The standard InChI is InChI=1S/C17H34N2S/c1-4-9-18-17(16-13-20-11-10-19(16)3)15-8-6-7-14(5-2)12-15/h14-18H,4-13H2,1-3H3. The van der Waals surface area contributed by atoms with Crippen molar-refractivity contribution in [3.63, 3.8) is 0 Å². The normalized spacial score (nSPS) is 34.0. The first kappa shape index (κ1) is 16.6. The lowest BCUT2D eigenvalue weighted by Gasteiger charge is -2.44. The highest BCUT2D eigenvalue weighted by Crippen LogP contribution is 2.35. The van der Waals surface area contributed by atoms with Crippen molar-refractivity contribution in [2.45, 2.75) is 64.5 Å². The largest absolute Gasteiger partial charge is 0.312 e. The molecule has 2 rings (SSSR count). The maximum Gasteiger partial charge on any atom is 0.0339 e. The van der Waals surface area contributed by atoms with E-state index in [1.165, 1.54) is 63.1 Å². The Morgan fingerprint density at radius 2 is 2.15 bits per heavy atom. The number of nitrogens with zero attached hydrogens (tertiary/aromatic N) is 1. The molecule has 1 heterocycles. The van der Waals surface area contributed by atoms with Crippen LogP contribution in [0.15, 0.2) is 0 Å². The quantitative estimate of drug-likeness (QED) is 0.806. The molecule has 118 valence electrons. The third-order valence-corrected chi connectivity index (χ3v) is 6.44. The van der Waals surface area contributed by atoms with Gasteiger partial charge in [0.25, 0.3) is 0 Å². The number of hydrogen-bond donors (Lipinski definition) is 1. The highest BCUT2D eigenvalue weighted by molar-refractivity contribution is 7.99. The van der Waals surface area contributed by atoms with Gasteiger partial charge in [0, 0.05) is 30.1 Å². The van der Waals surface area contributed by atoms with E-state index in [1.54, 1.807) is 0 Å². The second-order valence-electron chi connectivity index (χ2n) is 6.80. The van der Waals surface area contributed by atoms with Crippen molar-refractivity contribution in [1.29, 1.82) is 0 Å². The van der Waals surface area contributed by atoms with Crippen LogP contribution in [0.4, 0.5) is 0 Å². The zero-order chi connectivity index (χ0) is 14.4. The van der Waals surface area contributed by atoms with E-state index in [2.05, 4.69) is 42.9 Å². The Hall–Kier alpha value is 0.270. The van der Waals surface area contributed by atoms with Gasteiger partial charge in [-0.05, 0) is 44.7 Å². The average molecular weight is 299 g/mol. The van der Waals surface area contributed by atoms with Crippen LogP contribution in [0.5, 0.6) is 0 Å². The lowest BCUT2D eigenvalue weighted by Crippen LogP contribution is -2.56. The second-order valence-corrected chi connectivity index (χ2v) is 7.95.